The Kier molecular flexibility index (Phi) is 6.58. The van der Waals surface area contributed by atoms with Gasteiger partial charge in [-0.1, -0.05) is 42.1 Å². The summed E-state index contributed by atoms with van der Waals surface area (Å²) in [5.74, 6) is 0.127. The molecule has 3 aromatic rings. The Morgan fingerprint density at radius 3 is 2.53 bits per heavy atom. The van der Waals surface area contributed by atoms with Crippen LogP contribution in [-0.2, 0) is 7.05 Å². The first-order valence-electron chi connectivity index (χ1n) is 9.02. The number of benzene rings is 2. The van der Waals surface area contributed by atoms with Crippen LogP contribution in [0.3, 0.4) is 0 Å². The summed E-state index contributed by atoms with van der Waals surface area (Å²) >= 11 is 1.17. The molecule has 0 bridgehead atoms. The fourth-order valence-electron chi connectivity index (χ4n) is 2.77. The average Bonchev–Trinajstić information content (AvgIpc) is 3.13. The van der Waals surface area contributed by atoms with Gasteiger partial charge in [0.05, 0.1) is 16.7 Å². The third-order valence-electron chi connectivity index (χ3n) is 4.35. The number of hydrogen-bond acceptors (Lipinski definition) is 7. The first-order chi connectivity index (χ1) is 14.4. The summed E-state index contributed by atoms with van der Waals surface area (Å²) in [6.45, 7) is 1.80. The van der Waals surface area contributed by atoms with Gasteiger partial charge in [-0.3, -0.25) is 19.7 Å². The van der Waals surface area contributed by atoms with E-state index in [1.165, 1.54) is 30.0 Å². The number of carbonyl (C=O) groups excluding carboxylic acids is 2. The van der Waals surface area contributed by atoms with Gasteiger partial charge in [-0.2, -0.15) is 0 Å². The molecule has 1 N–H and O–H groups in total. The summed E-state index contributed by atoms with van der Waals surface area (Å²) in [5.41, 5.74) is 0.682. The Morgan fingerprint density at radius 2 is 1.83 bits per heavy atom. The number of ketones is 1. The lowest BCUT2D eigenvalue weighted by atomic mass is 10.1. The molecule has 1 heterocycles. The molecular weight excluding hydrogens is 406 g/mol. The Labute approximate surface area is 176 Å². The van der Waals surface area contributed by atoms with E-state index in [0.717, 1.165) is 0 Å². The van der Waals surface area contributed by atoms with Gasteiger partial charge in [-0.05, 0) is 19.1 Å². The number of hydrogen-bond donors (Lipinski definition) is 1. The molecule has 0 radical (unpaired) electrons. The van der Waals surface area contributed by atoms with E-state index in [1.54, 1.807) is 48.9 Å². The maximum atomic E-state index is 12.4. The third kappa shape index (κ3) is 4.90. The molecule has 0 saturated heterocycles. The van der Waals surface area contributed by atoms with Gasteiger partial charge in [0.25, 0.3) is 11.6 Å². The van der Waals surface area contributed by atoms with Gasteiger partial charge in [0.15, 0.2) is 16.8 Å². The van der Waals surface area contributed by atoms with E-state index in [9.17, 15) is 19.7 Å². The Morgan fingerprint density at radius 1 is 1.13 bits per heavy atom. The summed E-state index contributed by atoms with van der Waals surface area (Å²) in [5, 5.41) is 22.5. The lowest BCUT2D eigenvalue weighted by Gasteiger charge is -2.13. The zero-order chi connectivity index (χ0) is 21.7. The summed E-state index contributed by atoms with van der Waals surface area (Å²) in [6.07, 6.45) is 0. The van der Waals surface area contributed by atoms with Crippen molar-refractivity contribution in [2.45, 2.75) is 18.1 Å². The van der Waals surface area contributed by atoms with E-state index in [0.29, 0.717) is 16.5 Å². The quantitative estimate of drug-likeness (QED) is 0.255. The first kappa shape index (κ1) is 21.2. The van der Waals surface area contributed by atoms with Crippen LogP contribution in [-0.4, -0.2) is 37.1 Å². The van der Waals surface area contributed by atoms with Crippen LogP contribution in [0.4, 0.5) is 5.69 Å². The van der Waals surface area contributed by atoms with Crippen LogP contribution in [0.15, 0.2) is 59.8 Å². The van der Waals surface area contributed by atoms with Crippen LogP contribution in [0.2, 0.25) is 0 Å². The second kappa shape index (κ2) is 9.31. The fraction of sp³-hybridized carbons (Fsp3) is 0.200. The molecule has 1 atom stereocenters. The van der Waals surface area contributed by atoms with Crippen molar-refractivity contribution < 1.29 is 14.5 Å². The first-order valence-corrected chi connectivity index (χ1v) is 10.0. The predicted molar refractivity (Wildman–Crippen MR) is 111 cm³/mol. The van der Waals surface area contributed by atoms with Gasteiger partial charge in [0.2, 0.25) is 0 Å². The molecule has 0 unspecified atom stereocenters. The minimum atomic E-state index is -0.538. The van der Waals surface area contributed by atoms with E-state index in [4.69, 9.17) is 0 Å². The highest BCUT2D eigenvalue weighted by Crippen LogP contribution is 2.21. The van der Waals surface area contributed by atoms with Crippen molar-refractivity contribution in [2.24, 2.45) is 7.05 Å². The van der Waals surface area contributed by atoms with E-state index < -0.39 is 11.0 Å². The molecule has 10 heteroatoms. The lowest BCUT2D eigenvalue weighted by molar-refractivity contribution is -0.384. The SMILES string of the molecule is C[C@@H](NC(=O)c1ccccc1)c1nnc(SCC(=O)c2cccc([N+](=O)[O-])c2)n1C. The van der Waals surface area contributed by atoms with E-state index >= 15 is 0 Å². The number of non-ortho nitro benzene ring substituents is 1. The highest BCUT2D eigenvalue weighted by atomic mass is 32.2. The molecule has 30 heavy (non-hydrogen) atoms. The number of thioether (sulfide) groups is 1. The minimum Gasteiger partial charge on any atom is -0.342 e. The maximum absolute atomic E-state index is 12.4. The minimum absolute atomic E-state index is 0.0535. The molecule has 0 saturated carbocycles. The van der Waals surface area contributed by atoms with Crippen LogP contribution in [0, 0.1) is 10.1 Å². The molecule has 0 aliphatic carbocycles. The average molecular weight is 425 g/mol. The van der Waals surface area contributed by atoms with Crippen molar-refractivity contribution in [3.05, 3.63) is 81.7 Å². The number of amides is 1. The number of nitro benzene ring substituents is 1. The topological polar surface area (TPSA) is 120 Å². The molecule has 2 aromatic carbocycles. The normalized spacial score (nSPS) is 11.7. The molecule has 0 spiro atoms. The van der Waals surface area contributed by atoms with Gasteiger partial charge in [0.1, 0.15) is 0 Å². The fourth-order valence-corrected chi connectivity index (χ4v) is 3.58. The van der Waals surface area contributed by atoms with Gasteiger partial charge in [0, 0.05) is 30.3 Å². The Bertz CT molecular complexity index is 1080. The summed E-state index contributed by atoms with van der Waals surface area (Å²) < 4.78 is 1.71. The van der Waals surface area contributed by atoms with Gasteiger partial charge in [-0.15, -0.1) is 10.2 Å². The number of nitrogens with one attached hydrogen (secondary N) is 1. The van der Waals surface area contributed by atoms with Gasteiger partial charge < -0.3 is 9.88 Å². The summed E-state index contributed by atoms with van der Waals surface area (Å²) in [6, 6.07) is 14.1. The Balaban J connectivity index is 1.63. The number of aromatic nitrogens is 3. The molecular formula is C20H19N5O4S. The van der Waals surface area contributed by atoms with Crippen LogP contribution >= 0.6 is 11.8 Å². The van der Waals surface area contributed by atoms with Crippen LogP contribution in [0.25, 0.3) is 0 Å². The molecule has 0 aliphatic rings. The summed E-state index contributed by atoms with van der Waals surface area (Å²) in [7, 11) is 1.75. The highest BCUT2D eigenvalue weighted by molar-refractivity contribution is 7.99. The van der Waals surface area contributed by atoms with Crippen molar-refractivity contribution in [1.29, 1.82) is 0 Å². The maximum Gasteiger partial charge on any atom is 0.270 e. The van der Waals surface area contributed by atoms with Gasteiger partial charge >= 0.3 is 0 Å². The molecule has 154 valence electrons. The zero-order valence-electron chi connectivity index (χ0n) is 16.3. The molecule has 9 nitrogen and oxygen atoms in total. The molecule has 3 rings (SSSR count). The van der Waals surface area contributed by atoms with Crippen molar-refractivity contribution in [3.63, 3.8) is 0 Å². The zero-order valence-corrected chi connectivity index (χ0v) is 17.1. The summed E-state index contributed by atoms with van der Waals surface area (Å²) in [4.78, 5) is 35.0. The highest BCUT2D eigenvalue weighted by Gasteiger charge is 2.19. The van der Waals surface area contributed by atoms with E-state index in [-0.39, 0.29) is 28.7 Å². The van der Waals surface area contributed by atoms with E-state index in [2.05, 4.69) is 15.5 Å². The predicted octanol–water partition coefficient (Wildman–Crippen LogP) is 3.19. The Hall–Kier alpha value is -3.53. The monoisotopic (exact) mass is 425 g/mol. The van der Waals surface area contributed by atoms with Crippen molar-refractivity contribution in [2.75, 3.05) is 5.75 Å². The smallest absolute Gasteiger partial charge is 0.270 e. The van der Waals surface area contributed by atoms with E-state index in [1.807, 2.05) is 6.07 Å². The molecule has 0 fully saturated rings. The second-order valence-electron chi connectivity index (χ2n) is 6.48. The molecule has 1 aromatic heterocycles. The lowest BCUT2D eigenvalue weighted by Crippen LogP contribution is -2.28. The number of nitrogens with zero attached hydrogens (tertiary/aromatic N) is 4. The number of carbonyl (C=O) groups is 2. The van der Waals surface area contributed by atoms with Crippen molar-refractivity contribution >= 4 is 29.1 Å². The van der Waals surface area contributed by atoms with Crippen molar-refractivity contribution in [1.82, 2.24) is 20.1 Å². The third-order valence-corrected chi connectivity index (χ3v) is 5.37. The van der Waals surface area contributed by atoms with Crippen LogP contribution in [0.1, 0.15) is 39.5 Å². The van der Waals surface area contributed by atoms with Gasteiger partial charge in [-0.25, -0.2) is 0 Å². The second-order valence-corrected chi connectivity index (χ2v) is 7.42. The standard InChI is InChI=1S/C20H19N5O4S/c1-13(21-19(27)14-7-4-3-5-8-14)18-22-23-20(24(18)2)30-12-17(26)15-9-6-10-16(11-15)25(28)29/h3-11,13H,12H2,1-2H3,(H,21,27)/t13-/m1/s1. The van der Waals surface area contributed by atoms with Crippen LogP contribution < -0.4 is 5.32 Å². The number of nitro groups is 1. The van der Waals surface area contributed by atoms with Crippen LogP contribution in [0.5, 0.6) is 0 Å². The molecule has 1 amide bonds. The number of rotatable bonds is 8. The van der Waals surface area contributed by atoms with Crippen molar-refractivity contribution in [3.8, 4) is 0 Å². The molecule has 0 aliphatic heterocycles. The number of Topliss-reactive ketones (excluding diaryl/α,β-unsaturated/α-hetero) is 1. The largest absolute Gasteiger partial charge is 0.342 e.